The van der Waals surface area contributed by atoms with Crippen LogP contribution >= 0.6 is 11.3 Å². The number of hydrogen-bond acceptors (Lipinski definition) is 7. The van der Waals surface area contributed by atoms with Crippen LogP contribution in [-0.2, 0) is 22.6 Å². The molecular formula is C17H17N3O4S. The molecule has 7 nitrogen and oxygen atoms in total. The van der Waals surface area contributed by atoms with Crippen molar-refractivity contribution in [1.82, 2.24) is 14.6 Å². The highest BCUT2D eigenvalue weighted by Crippen LogP contribution is 2.13. The third-order valence-corrected chi connectivity index (χ3v) is 4.45. The first kappa shape index (κ1) is 17.1. The van der Waals surface area contributed by atoms with E-state index in [2.05, 4.69) is 10.1 Å². The first-order valence-corrected chi connectivity index (χ1v) is 8.65. The maximum atomic E-state index is 12.1. The number of carbonyl (C=O) groups is 1. The molecule has 25 heavy (non-hydrogen) atoms. The number of rotatable bonds is 6. The Kier molecular flexibility index (Phi) is 5.08. The van der Waals surface area contributed by atoms with Gasteiger partial charge < -0.3 is 9.47 Å². The van der Waals surface area contributed by atoms with Gasteiger partial charge in [0.1, 0.15) is 17.4 Å². The fourth-order valence-electron chi connectivity index (χ4n) is 2.13. The van der Waals surface area contributed by atoms with E-state index in [1.54, 1.807) is 19.1 Å². The zero-order chi connectivity index (χ0) is 17.8. The molecule has 0 aliphatic rings. The van der Waals surface area contributed by atoms with E-state index in [0.717, 1.165) is 11.4 Å². The lowest BCUT2D eigenvalue weighted by atomic mass is 10.3. The van der Waals surface area contributed by atoms with Crippen LogP contribution in [-0.4, -0.2) is 26.7 Å². The Morgan fingerprint density at radius 3 is 2.80 bits per heavy atom. The SMILES string of the molecule is CCc1nn2c(=O)cc(COC(=O)[C@H](C)Oc3ccccc3)nc2s1. The van der Waals surface area contributed by atoms with Gasteiger partial charge in [-0.05, 0) is 25.5 Å². The second kappa shape index (κ2) is 7.43. The number of hydrogen-bond donors (Lipinski definition) is 0. The van der Waals surface area contributed by atoms with E-state index in [1.165, 1.54) is 21.9 Å². The summed E-state index contributed by atoms with van der Waals surface area (Å²) in [7, 11) is 0. The van der Waals surface area contributed by atoms with Crippen LogP contribution in [0.1, 0.15) is 24.5 Å². The Morgan fingerprint density at radius 1 is 1.32 bits per heavy atom. The summed E-state index contributed by atoms with van der Waals surface area (Å²) in [6.45, 7) is 3.48. The lowest BCUT2D eigenvalue weighted by Crippen LogP contribution is -2.26. The first-order chi connectivity index (χ1) is 12.1. The number of benzene rings is 1. The van der Waals surface area contributed by atoms with E-state index < -0.39 is 12.1 Å². The van der Waals surface area contributed by atoms with E-state index in [9.17, 15) is 9.59 Å². The molecule has 2 aromatic heterocycles. The summed E-state index contributed by atoms with van der Waals surface area (Å²) in [4.78, 5) is 28.9. The molecule has 2 heterocycles. The molecular weight excluding hydrogens is 342 g/mol. The molecule has 0 saturated heterocycles. The van der Waals surface area contributed by atoms with E-state index >= 15 is 0 Å². The Bertz CT molecular complexity index is 936. The van der Waals surface area contributed by atoms with Crippen molar-refractivity contribution in [2.75, 3.05) is 0 Å². The normalized spacial score (nSPS) is 12.1. The summed E-state index contributed by atoms with van der Waals surface area (Å²) < 4.78 is 12.0. The van der Waals surface area contributed by atoms with Crippen LogP contribution in [0.3, 0.4) is 0 Å². The van der Waals surface area contributed by atoms with Gasteiger partial charge in [0.25, 0.3) is 5.56 Å². The zero-order valence-electron chi connectivity index (χ0n) is 13.8. The molecule has 0 unspecified atom stereocenters. The van der Waals surface area contributed by atoms with Gasteiger partial charge in [-0.25, -0.2) is 9.78 Å². The highest BCUT2D eigenvalue weighted by Gasteiger charge is 2.17. The number of aryl methyl sites for hydroxylation is 1. The van der Waals surface area contributed by atoms with Gasteiger partial charge in [-0.15, -0.1) is 0 Å². The van der Waals surface area contributed by atoms with Crippen LogP contribution in [0.5, 0.6) is 5.75 Å². The Morgan fingerprint density at radius 2 is 2.08 bits per heavy atom. The minimum absolute atomic E-state index is 0.0909. The van der Waals surface area contributed by atoms with Crippen LogP contribution in [0, 0.1) is 0 Å². The second-order valence-corrected chi connectivity index (χ2v) is 6.35. The van der Waals surface area contributed by atoms with Gasteiger partial charge in [0.15, 0.2) is 6.10 Å². The summed E-state index contributed by atoms with van der Waals surface area (Å²) in [6, 6.07) is 10.3. The number of fused-ring (bicyclic) bond motifs is 1. The van der Waals surface area contributed by atoms with Gasteiger partial charge in [0.05, 0.1) is 5.69 Å². The number of esters is 1. The van der Waals surface area contributed by atoms with E-state index in [-0.39, 0.29) is 12.2 Å². The molecule has 0 bridgehead atoms. The molecule has 130 valence electrons. The fourth-order valence-corrected chi connectivity index (χ4v) is 2.98. The lowest BCUT2D eigenvalue weighted by molar-refractivity contribution is -0.152. The third kappa shape index (κ3) is 4.03. The standard InChI is InChI=1S/C17H17N3O4S/c1-3-14-19-20-15(21)9-12(18-17(20)25-14)10-23-16(22)11(2)24-13-7-5-4-6-8-13/h4-9,11H,3,10H2,1-2H3/t11-/m0/s1. The van der Waals surface area contributed by atoms with Crippen LogP contribution in [0.15, 0.2) is 41.2 Å². The second-order valence-electron chi connectivity index (χ2n) is 5.31. The fraction of sp³-hybridized carbons (Fsp3) is 0.294. The molecule has 0 aliphatic carbocycles. The summed E-state index contributed by atoms with van der Waals surface area (Å²) in [5.74, 6) is 0.0610. The van der Waals surface area contributed by atoms with Crippen molar-refractivity contribution in [3.8, 4) is 5.75 Å². The molecule has 3 rings (SSSR count). The largest absolute Gasteiger partial charge is 0.479 e. The summed E-state index contributed by atoms with van der Waals surface area (Å²) in [5, 5.41) is 5.00. The van der Waals surface area contributed by atoms with E-state index in [0.29, 0.717) is 16.4 Å². The van der Waals surface area contributed by atoms with E-state index in [4.69, 9.17) is 9.47 Å². The maximum absolute atomic E-state index is 12.1. The molecule has 0 fully saturated rings. The molecule has 0 aliphatic heterocycles. The van der Waals surface area contributed by atoms with Crippen molar-refractivity contribution in [3.63, 3.8) is 0 Å². The number of carbonyl (C=O) groups excluding carboxylic acids is 1. The zero-order valence-corrected chi connectivity index (χ0v) is 14.7. The highest BCUT2D eigenvalue weighted by atomic mass is 32.1. The molecule has 3 aromatic rings. The quantitative estimate of drug-likeness (QED) is 0.628. The van der Waals surface area contributed by atoms with Gasteiger partial charge in [-0.2, -0.15) is 9.61 Å². The molecule has 1 aromatic carbocycles. The van der Waals surface area contributed by atoms with Gasteiger partial charge in [0, 0.05) is 6.07 Å². The number of ether oxygens (including phenoxy) is 2. The predicted octanol–water partition coefficient (Wildman–Crippen LogP) is 2.22. The number of para-hydroxylation sites is 1. The average molecular weight is 359 g/mol. The lowest BCUT2D eigenvalue weighted by Gasteiger charge is -2.13. The molecule has 0 N–H and O–H groups in total. The van der Waals surface area contributed by atoms with Crippen LogP contribution in [0.25, 0.3) is 4.96 Å². The van der Waals surface area contributed by atoms with Crippen molar-refractivity contribution in [3.05, 3.63) is 57.5 Å². The average Bonchev–Trinajstić information content (AvgIpc) is 3.04. The van der Waals surface area contributed by atoms with Crippen LogP contribution in [0.4, 0.5) is 0 Å². The van der Waals surface area contributed by atoms with Crippen molar-refractivity contribution in [2.45, 2.75) is 33.0 Å². The summed E-state index contributed by atoms with van der Waals surface area (Å²) in [5.41, 5.74) is 0.0946. The molecule has 0 saturated carbocycles. The topological polar surface area (TPSA) is 82.8 Å². The van der Waals surface area contributed by atoms with Gasteiger partial charge in [-0.3, -0.25) is 4.79 Å². The minimum atomic E-state index is -0.762. The molecule has 0 spiro atoms. The molecule has 0 radical (unpaired) electrons. The maximum Gasteiger partial charge on any atom is 0.347 e. The van der Waals surface area contributed by atoms with Crippen molar-refractivity contribution < 1.29 is 14.3 Å². The summed E-state index contributed by atoms with van der Waals surface area (Å²) >= 11 is 1.34. The van der Waals surface area contributed by atoms with Crippen LogP contribution in [0.2, 0.25) is 0 Å². The minimum Gasteiger partial charge on any atom is -0.479 e. The van der Waals surface area contributed by atoms with Gasteiger partial charge in [0.2, 0.25) is 4.96 Å². The highest BCUT2D eigenvalue weighted by molar-refractivity contribution is 7.16. The van der Waals surface area contributed by atoms with Crippen molar-refractivity contribution >= 4 is 22.3 Å². The summed E-state index contributed by atoms with van der Waals surface area (Å²) in [6.07, 6.45) is -0.0334. The van der Waals surface area contributed by atoms with Crippen LogP contribution < -0.4 is 10.3 Å². The van der Waals surface area contributed by atoms with Gasteiger partial charge >= 0.3 is 5.97 Å². The van der Waals surface area contributed by atoms with Gasteiger partial charge in [-0.1, -0.05) is 36.5 Å². The Hall–Kier alpha value is -2.74. The smallest absolute Gasteiger partial charge is 0.347 e. The third-order valence-electron chi connectivity index (χ3n) is 3.39. The van der Waals surface area contributed by atoms with Crippen molar-refractivity contribution in [1.29, 1.82) is 0 Å². The number of aromatic nitrogens is 3. The molecule has 8 heteroatoms. The Labute approximate surface area is 147 Å². The predicted molar refractivity (Wildman–Crippen MR) is 92.8 cm³/mol. The Balaban J connectivity index is 1.65. The first-order valence-electron chi connectivity index (χ1n) is 7.84. The molecule has 0 amide bonds. The van der Waals surface area contributed by atoms with Crippen molar-refractivity contribution in [2.24, 2.45) is 0 Å². The van der Waals surface area contributed by atoms with E-state index in [1.807, 2.05) is 25.1 Å². The monoisotopic (exact) mass is 359 g/mol. The number of nitrogens with zero attached hydrogens (tertiary/aromatic N) is 3. The molecule has 1 atom stereocenters.